The van der Waals surface area contributed by atoms with E-state index < -0.39 is 0 Å². The molecular weight excluding hydrogens is 212 g/mol. The van der Waals surface area contributed by atoms with Crippen molar-refractivity contribution in [2.24, 2.45) is 0 Å². The third-order valence-corrected chi connectivity index (χ3v) is 3.53. The molecule has 0 spiro atoms. The Morgan fingerprint density at radius 1 is 1.18 bits per heavy atom. The monoisotopic (exact) mass is 228 g/mol. The number of benzene rings is 1. The second-order valence-corrected chi connectivity index (χ2v) is 4.81. The summed E-state index contributed by atoms with van der Waals surface area (Å²) in [5.41, 5.74) is 2.25. The lowest BCUT2D eigenvalue weighted by Crippen LogP contribution is -2.10. The number of allylic oxidation sites excluding steroid dienone is 1. The van der Waals surface area contributed by atoms with Gasteiger partial charge in [0, 0.05) is 31.3 Å². The number of carbonyl (C=O) groups is 1. The van der Waals surface area contributed by atoms with Crippen LogP contribution >= 0.6 is 0 Å². The van der Waals surface area contributed by atoms with E-state index in [2.05, 4.69) is 12.1 Å². The van der Waals surface area contributed by atoms with E-state index in [9.17, 15) is 4.79 Å². The molecule has 0 aromatic heterocycles. The molecule has 1 unspecified atom stereocenters. The molecule has 1 aliphatic heterocycles. The second-order valence-electron chi connectivity index (χ2n) is 4.81. The van der Waals surface area contributed by atoms with Crippen molar-refractivity contribution in [2.45, 2.75) is 38.2 Å². The van der Waals surface area contributed by atoms with Crippen LogP contribution in [0.1, 0.15) is 31.2 Å². The van der Waals surface area contributed by atoms with Crippen LogP contribution in [0, 0.1) is 0 Å². The van der Waals surface area contributed by atoms with Crippen molar-refractivity contribution in [1.29, 1.82) is 0 Å². The van der Waals surface area contributed by atoms with Crippen LogP contribution in [0.25, 0.3) is 0 Å². The minimum absolute atomic E-state index is 0.171. The molecule has 0 bridgehead atoms. The highest BCUT2D eigenvalue weighted by atomic mass is 16.5. The summed E-state index contributed by atoms with van der Waals surface area (Å²) in [5.74, 6) is 1.28. The first kappa shape index (κ1) is 10.6. The predicted molar refractivity (Wildman–Crippen MR) is 65.5 cm³/mol. The average Bonchev–Trinajstić information content (AvgIpc) is 2.74. The minimum atomic E-state index is 0.171. The van der Waals surface area contributed by atoms with Crippen LogP contribution < -0.4 is 0 Å². The number of Topliss-reactive ketones (excluding diaryl/α,β-unsaturated/α-hetero) is 1. The standard InChI is InChI=1S/C15H16O2/c16-14-7-4-8-15-13(14)10-12(17-15)9-11-5-2-1-3-6-11/h1-3,5-6,12H,4,7-10H2. The van der Waals surface area contributed by atoms with Crippen molar-refractivity contribution in [1.82, 2.24) is 0 Å². The normalized spacial score (nSPS) is 23.5. The lowest BCUT2D eigenvalue weighted by atomic mass is 9.93. The maximum Gasteiger partial charge on any atom is 0.162 e. The van der Waals surface area contributed by atoms with Gasteiger partial charge in [0.05, 0.1) is 0 Å². The molecule has 2 aliphatic rings. The maximum absolute atomic E-state index is 11.7. The fourth-order valence-electron chi connectivity index (χ4n) is 2.69. The highest BCUT2D eigenvalue weighted by molar-refractivity contribution is 5.97. The van der Waals surface area contributed by atoms with Gasteiger partial charge in [-0.3, -0.25) is 4.79 Å². The number of rotatable bonds is 2. The van der Waals surface area contributed by atoms with Gasteiger partial charge in [0.25, 0.3) is 0 Å². The molecule has 0 N–H and O–H groups in total. The lowest BCUT2D eigenvalue weighted by molar-refractivity contribution is -0.116. The Balaban J connectivity index is 1.69. The largest absolute Gasteiger partial charge is 0.494 e. The Morgan fingerprint density at radius 3 is 2.76 bits per heavy atom. The van der Waals surface area contributed by atoms with Crippen LogP contribution in [-0.4, -0.2) is 11.9 Å². The fraction of sp³-hybridized carbons (Fsp3) is 0.400. The third-order valence-electron chi connectivity index (χ3n) is 3.53. The Morgan fingerprint density at radius 2 is 2.00 bits per heavy atom. The molecule has 1 aliphatic carbocycles. The van der Waals surface area contributed by atoms with Gasteiger partial charge in [-0.1, -0.05) is 30.3 Å². The smallest absolute Gasteiger partial charge is 0.162 e. The zero-order chi connectivity index (χ0) is 11.7. The van der Waals surface area contributed by atoms with Gasteiger partial charge in [-0.15, -0.1) is 0 Å². The van der Waals surface area contributed by atoms with E-state index in [0.717, 1.165) is 37.0 Å². The van der Waals surface area contributed by atoms with E-state index >= 15 is 0 Å². The molecule has 3 rings (SSSR count). The third kappa shape index (κ3) is 2.12. The molecule has 88 valence electrons. The first-order valence-corrected chi connectivity index (χ1v) is 6.29. The number of ether oxygens (including phenoxy) is 1. The molecule has 0 radical (unpaired) electrons. The van der Waals surface area contributed by atoms with E-state index in [4.69, 9.17) is 4.74 Å². The highest BCUT2D eigenvalue weighted by Gasteiger charge is 2.31. The lowest BCUT2D eigenvalue weighted by Gasteiger charge is -2.13. The molecule has 17 heavy (non-hydrogen) atoms. The topological polar surface area (TPSA) is 26.3 Å². The SMILES string of the molecule is O=C1CCCC2=C1CC(Cc1ccccc1)O2. The molecule has 1 atom stereocenters. The highest BCUT2D eigenvalue weighted by Crippen LogP contribution is 2.35. The van der Waals surface area contributed by atoms with E-state index in [-0.39, 0.29) is 6.10 Å². The van der Waals surface area contributed by atoms with Crippen LogP contribution in [0.15, 0.2) is 41.7 Å². The summed E-state index contributed by atoms with van der Waals surface area (Å²) in [6, 6.07) is 10.3. The van der Waals surface area contributed by atoms with Gasteiger partial charge < -0.3 is 4.74 Å². The summed E-state index contributed by atoms with van der Waals surface area (Å²) < 4.78 is 5.90. The molecule has 2 nitrogen and oxygen atoms in total. The fourth-order valence-corrected chi connectivity index (χ4v) is 2.69. The van der Waals surface area contributed by atoms with Crippen molar-refractivity contribution >= 4 is 5.78 Å². The van der Waals surface area contributed by atoms with Crippen molar-refractivity contribution in [2.75, 3.05) is 0 Å². The van der Waals surface area contributed by atoms with Gasteiger partial charge in [-0.05, 0) is 12.0 Å². The zero-order valence-corrected chi connectivity index (χ0v) is 9.82. The van der Waals surface area contributed by atoms with Gasteiger partial charge in [0.15, 0.2) is 5.78 Å². The Hall–Kier alpha value is -1.57. The molecule has 1 aromatic carbocycles. The van der Waals surface area contributed by atoms with Crippen LogP contribution in [0.4, 0.5) is 0 Å². The predicted octanol–water partition coefficient (Wildman–Crippen LogP) is 3.03. The van der Waals surface area contributed by atoms with E-state index in [0.29, 0.717) is 12.2 Å². The Labute approximate surface area is 101 Å². The van der Waals surface area contributed by atoms with Crippen molar-refractivity contribution in [3.05, 3.63) is 47.2 Å². The van der Waals surface area contributed by atoms with Gasteiger partial charge in [0.2, 0.25) is 0 Å². The maximum atomic E-state index is 11.7. The summed E-state index contributed by atoms with van der Waals surface area (Å²) in [6.45, 7) is 0. The Bertz CT molecular complexity index is 459. The number of hydrogen-bond donors (Lipinski definition) is 0. The number of ketones is 1. The molecular formula is C15H16O2. The second kappa shape index (κ2) is 4.36. The first-order chi connectivity index (χ1) is 8.33. The molecule has 1 heterocycles. The Kier molecular flexibility index (Phi) is 2.71. The number of hydrogen-bond acceptors (Lipinski definition) is 2. The minimum Gasteiger partial charge on any atom is -0.494 e. The molecule has 1 aromatic rings. The summed E-state index contributed by atoms with van der Waals surface area (Å²) in [6.07, 6.45) is 4.50. The quantitative estimate of drug-likeness (QED) is 0.777. The van der Waals surface area contributed by atoms with Crippen LogP contribution in [0.5, 0.6) is 0 Å². The van der Waals surface area contributed by atoms with Crippen LogP contribution in [0.3, 0.4) is 0 Å². The average molecular weight is 228 g/mol. The van der Waals surface area contributed by atoms with Gasteiger partial charge >= 0.3 is 0 Å². The van der Waals surface area contributed by atoms with E-state index in [1.54, 1.807) is 0 Å². The molecule has 0 saturated carbocycles. The van der Waals surface area contributed by atoms with Crippen molar-refractivity contribution in [3.8, 4) is 0 Å². The summed E-state index contributed by atoms with van der Waals surface area (Å²) >= 11 is 0. The van der Waals surface area contributed by atoms with Crippen molar-refractivity contribution < 1.29 is 9.53 Å². The van der Waals surface area contributed by atoms with Gasteiger partial charge in [0.1, 0.15) is 11.9 Å². The zero-order valence-electron chi connectivity index (χ0n) is 9.82. The molecule has 2 heteroatoms. The van der Waals surface area contributed by atoms with Crippen LogP contribution in [-0.2, 0) is 16.0 Å². The molecule has 0 fully saturated rings. The van der Waals surface area contributed by atoms with Gasteiger partial charge in [-0.2, -0.15) is 0 Å². The van der Waals surface area contributed by atoms with Crippen LogP contribution in [0.2, 0.25) is 0 Å². The van der Waals surface area contributed by atoms with E-state index in [1.165, 1.54) is 5.56 Å². The summed E-state index contributed by atoms with van der Waals surface area (Å²) in [7, 11) is 0. The number of carbonyl (C=O) groups excluding carboxylic acids is 1. The van der Waals surface area contributed by atoms with Gasteiger partial charge in [-0.25, -0.2) is 0 Å². The molecule has 0 saturated heterocycles. The first-order valence-electron chi connectivity index (χ1n) is 6.29. The van der Waals surface area contributed by atoms with E-state index in [1.807, 2.05) is 18.2 Å². The van der Waals surface area contributed by atoms with Crippen molar-refractivity contribution in [3.63, 3.8) is 0 Å². The summed E-state index contributed by atoms with van der Waals surface area (Å²) in [4.78, 5) is 11.7. The molecule has 0 amide bonds. The summed E-state index contributed by atoms with van der Waals surface area (Å²) in [5, 5.41) is 0.